The fourth-order valence-electron chi connectivity index (χ4n) is 2.00. The van der Waals surface area contributed by atoms with Crippen molar-refractivity contribution in [1.82, 2.24) is 9.97 Å². The number of rotatable bonds is 4. The maximum Gasteiger partial charge on any atom is 0.278 e. The fraction of sp³-hybridized carbons (Fsp3) is 0.267. The summed E-state index contributed by atoms with van der Waals surface area (Å²) < 4.78 is 0. The van der Waals surface area contributed by atoms with Gasteiger partial charge < -0.3 is 10.2 Å². The van der Waals surface area contributed by atoms with E-state index in [4.69, 9.17) is 0 Å². The van der Waals surface area contributed by atoms with Crippen molar-refractivity contribution in [2.24, 2.45) is 0 Å². The summed E-state index contributed by atoms with van der Waals surface area (Å²) in [5.74, 6) is 0.498. The molecule has 1 amide bonds. The molecule has 0 atom stereocenters. The Kier molecular flexibility index (Phi) is 4.30. The van der Waals surface area contributed by atoms with Crippen LogP contribution in [-0.2, 0) is 0 Å². The van der Waals surface area contributed by atoms with Crippen LogP contribution in [0.5, 0.6) is 0 Å². The van der Waals surface area contributed by atoms with Crippen LogP contribution in [0.15, 0.2) is 36.7 Å². The predicted octanol–water partition coefficient (Wildman–Crippen LogP) is 2.49. The fourth-order valence-corrected chi connectivity index (χ4v) is 2.00. The molecule has 0 fully saturated rings. The van der Waals surface area contributed by atoms with Gasteiger partial charge in [-0.05, 0) is 25.5 Å². The number of anilines is 2. The lowest BCUT2D eigenvalue weighted by Gasteiger charge is -2.22. The van der Waals surface area contributed by atoms with Crippen LogP contribution in [0.25, 0.3) is 0 Å². The Morgan fingerprint density at radius 1 is 1.25 bits per heavy atom. The van der Waals surface area contributed by atoms with Gasteiger partial charge in [0.1, 0.15) is 11.5 Å². The summed E-state index contributed by atoms with van der Waals surface area (Å²) >= 11 is 0. The molecule has 5 nitrogen and oxygen atoms in total. The molecular weight excluding hydrogens is 252 g/mol. The summed E-state index contributed by atoms with van der Waals surface area (Å²) in [6.07, 6.45) is 3.05. The summed E-state index contributed by atoms with van der Waals surface area (Å²) in [7, 11) is 1.76. The quantitative estimate of drug-likeness (QED) is 0.927. The van der Waals surface area contributed by atoms with Gasteiger partial charge in [-0.15, -0.1) is 0 Å². The topological polar surface area (TPSA) is 58.1 Å². The van der Waals surface area contributed by atoms with E-state index in [9.17, 15) is 4.79 Å². The third-order valence-corrected chi connectivity index (χ3v) is 3.09. The maximum absolute atomic E-state index is 12.5. The van der Waals surface area contributed by atoms with E-state index >= 15 is 0 Å². The average Bonchev–Trinajstić information content (AvgIpc) is 2.50. The van der Waals surface area contributed by atoms with Crippen molar-refractivity contribution in [2.75, 3.05) is 23.8 Å². The zero-order valence-corrected chi connectivity index (χ0v) is 11.9. The lowest BCUT2D eigenvalue weighted by atomic mass is 10.1. The molecule has 104 valence electrons. The van der Waals surface area contributed by atoms with E-state index < -0.39 is 0 Å². The molecule has 1 aromatic heterocycles. The van der Waals surface area contributed by atoms with Gasteiger partial charge in [0.25, 0.3) is 5.91 Å². The molecule has 0 saturated heterocycles. The Labute approximate surface area is 118 Å². The zero-order valence-electron chi connectivity index (χ0n) is 11.9. The van der Waals surface area contributed by atoms with E-state index in [2.05, 4.69) is 15.3 Å². The Hall–Kier alpha value is -2.43. The first-order valence-corrected chi connectivity index (χ1v) is 6.54. The van der Waals surface area contributed by atoms with Gasteiger partial charge in [0, 0.05) is 19.3 Å². The second-order valence-corrected chi connectivity index (χ2v) is 4.37. The van der Waals surface area contributed by atoms with Gasteiger partial charge in [0.05, 0.1) is 12.4 Å². The van der Waals surface area contributed by atoms with Crippen LogP contribution in [-0.4, -0.2) is 29.5 Å². The minimum atomic E-state index is -0.142. The highest BCUT2D eigenvalue weighted by atomic mass is 16.2. The molecule has 2 rings (SSSR count). The molecule has 0 aliphatic rings. The van der Waals surface area contributed by atoms with Crippen molar-refractivity contribution in [2.45, 2.75) is 13.8 Å². The van der Waals surface area contributed by atoms with E-state index in [1.807, 2.05) is 38.1 Å². The molecule has 0 bridgehead atoms. The Morgan fingerprint density at radius 3 is 2.55 bits per heavy atom. The summed E-state index contributed by atoms with van der Waals surface area (Å²) in [4.78, 5) is 22.5. The Bertz CT molecular complexity index is 595. The second kappa shape index (κ2) is 6.14. The van der Waals surface area contributed by atoms with Crippen LogP contribution in [0.3, 0.4) is 0 Å². The van der Waals surface area contributed by atoms with Crippen molar-refractivity contribution >= 4 is 17.4 Å². The van der Waals surface area contributed by atoms with Gasteiger partial charge >= 0.3 is 0 Å². The number of amides is 1. The lowest BCUT2D eigenvalue weighted by molar-refractivity contribution is 0.0983. The van der Waals surface area contributed by atoms with Gasteiger partial charge in [-0.3, -0.25) is 4.79 Å². The smallest absolute Gasteiger partial charge is 0.278 e. The number of nitrogens with zero attached hydrogens (tertiary/aromatic N) is 3. The first kappa shape index (κ1) is 14.0. The first-order chi connectivity index (χ1) is 9.67. The van der Waals surface area contributed by atoms with Gasteiger partial charge in [-0.25, -0.2) is 9.97 Å². The Balaban J connectivity index is 2.31. The van der Waals surface area contributed by atoms with Crippen LogP contribution >= 0.6 is 0 Å². The van der Waals surface area contributed by atoms with Gasteiger partial charge in [-0.1, -0.05) is 18.2 Å². The molecule has 1 aromatic carbocycles. The number of aromatic nitrogens is 2. The minimum absolute atomic E-state index is 0.142. The normalized spacial score (nSPS) is 10.2. The van der Waals surface area contributed by atoms with Crippen LogP contribution in [0.1, 0.15) is 23.0 Å². The SMILES string of the molecule is CCN(C(=O)c1cnc(NC)cn1)c1ccccc1C. The van der Waals surface area contributed by atoms with Crippen LogP contribution < -0.4 is 10.2 Å². The average molecular weight is 270 g/mol. The number of benzene rings is 1. The minimum Gasteiger partial charge on any atom is -0.372 e. The summed E-state index contributed by atoms with van der Waals surface area (Å²) in [5, 5.41) is 2.88. The number of aryl methyl sites for hydroxylation is 1. The van der Waals surface area contributed by atoms with Crippen molar-refractivity contribution in [3.63, 3.8) is 0 Å². The monoisotopic (exact) mass is 270 g/mol. The molecule has 0 unspecified atom stereocenters. The molecule has 0 aliphatic carbocycles. The van der Waals surface area contributed by atoms with Crippen molar-refractivity contribution < 1.29 is 4.79 Å². The largest absolute Gasteiger partial charge is 0.372 e. The highest BCUT2D eigenvalue weighted by molar-refractivity contribution is 6.05. The Morgan fingerprint density at radius 2 is 2.00 bits per heavy atom. The van der Waals surface area contributed by atoms with Crippen LogP contribution in [0.2, 0.25) is 0 Å². The van der Waals surface area contributed by atoms with E-state index in [-0.39, 0.29) is 5.91 Å². The highest BCUT2D eigenvalue weighted by Gasteiger charge is 2.18. The first-order valence-electron chi connectivity index (χ1n) is 6.54. The third-order valence-electron chi connectivity index (χ3n) is 3.09. The number of carbonyl (C=O) groups is 1. The van der Waals surface area contributed by atoms with Gasteiger partial charge in [0.2, 0.25) is 0 Å². The van der Waals surface area contributed by atoms with Crippen molar-refractivity contribution in [1.29, 1.82) is 0 Å². The number of nitrogens with one attached hydrogen (secondary N) is 1. The molecule has 0 saturated carbocycles. The molecule has 20 heavy (non-hydrogen) atoms. The molecule has 1 N–H and O–H groups in total. The number of hydrogen-bond donors (Lipinski definition) is 1. The molecule has 5 heteroatoms. The predicted molar refractivity (Wildman–Crippen MR) is 80.1 cm³/mol. The standard InChI is InChI=1S/C15H18N4O/c1-4-19(13-8-6-5-7-11(13)2)15(20)12-9-18-14(16-3)10-17-12/h5-10H,4H2,1-3H3,(H,16,18). The number of hydrogen-bond acceptors (Lipinski definition) is 4. The molecule has 0 radical (unpaired) electrons. The summed E-state index contributed by atoms with van der Waals surface area (Å²) in [5.41, 5.74) is 2.30. The molecule has 2 aromatic rings. The highest BCUT2D eigenvalue weighted by Crippen LogP contribution is 2.20. The van der Waals surface area contributed by atoms with E-state index in [1.54, 1.807) is 18.1 Å². The van der Waals surface area contributed by atoms with Gasteiger partial charge in [0.15, 0.2) is 0 Å². The van der Waals surface area contributed by atoms with E-state index in [1.165, 1.54) is 6.20 Å². The van der Waals surface area contributed by atoms with Crippen LogP contribution in [0.4, 0.5) is 11.5 Å². The number of carbonyl (C=O) groups excluding carboxylic acids is 1. The van der Waals surface area contributed by atoms with Crippen molar-refractivity contribution in [3.05, 3.63) is 47.9 Å². The third kappa shape index (κ3) is 2.77. The molecule has 0 spiro atoms. The van der Waals surface area contributed by atoms with Crippen LogP contribution in [0, 0.1) is 6.92 Å². The van der Waals surface area contributed by atoms with E-state index in [0.717, 1.165) is 11.3 Å². The molecule has 1 heterocycles. The lowest BCUT2D eigenvalue weighted by Crippen LogP contribution is -2.32. The zero-order chi connectivity index (χ0) is 14.5. The van der Waals surface area contributed by atoms with Gasteiger partial charge in [-0.2, -0.15) is 0 Å². The summed E-state index contributed by atoms with van der Waals surface area (Å²) in [6.45, 7) is 4.51. The summed E-state index contributed by atoms with van der Waals surface area (Å²) in [6, 6.07) is 7.81. The number of para-hydroxylation sites is 1. The van der Waals surface area contributed by atoms with E-state index in [0.29, 0.717) is 18.1 Å². The maximum atomic E-state index is 12.5. The van der Waals surface area contributed by atoms with Crippen molar-refractivity contribution in [3.8, 4) is 0 Å². The molecular formula is C15H18N4O. The molecule has 0 aliphatic heterocycles. The second-order valence-electron chi connectivity index (χ2n) is 4.37.